The lowest BCUT2D eigenvalue weighted by molar-refractivity contribution is 0.875. The zero-order valence-corrected chi connectivity index (χ0v) is 12.7. The van der Waals surface area contributed by atoms with Gasteiger partial charge in [-0.1, -0.05) is 35.9 Å². The Balaban J connectivity index is 2.12. The van der Waals surface area contributed by atoms with Crippen LogP contribution in [0.5, 0.6) is 0 Å². The Morgan fingerprint density at radius 3 is 2.67 bits per heavy atom. The zero-order chi connectivity index (χ0) is 15.0. The number of rotatable bonds is 2. The van der Waals surface area contributed by atoms with Crippen LogP contribution >= 0.6 is 11.6 Å². The number of nitrogen functional groups attached to an aromatic ring is 1. The average Bonchev–Trinajstić information content (AvgIpc) is 2.83. The highest BCUT2D eigenvalue weighted by Gasteiger charge is 2.11. The maximum atomic E-state index is 6.12. The van der Waals surface area contributed by atoms with Crippen molar-refractivity contribution in [2.24, 2.45) is 0 Å². The Labute approximate surface area is 129 Å². The van der Waals surface area contributed by atoms with Crippen LogP contribution < -0.4 is 5.73 Å². The largest absolute Gasteiger partial charge is 0.396 e. The quantitative estimate of drug-likeness (QED) is 0.762. The van der Waals surface area contributed by atoms with Gasteiger partial charge in [-0.2, -0.15) is 5.10 Å². The Hall–Kier alpha value is -2.26. The van der Waals surface area contributed by atoms with Crippen molar-refractivity contribution in [2.75, 3.05) is 5.73 Å². The molecule has 0 aliphatic heterocycles. The van der Waals surface area contributed by atoms with Gasteiger partial charge in [0.15, 0.2) is 0 Å². The van der Waals surface area contributed by atoms with Crippen LogP contribution in [0.3, 0.4) is 0 Å². The Bertz CT molecular complexity index is 806. The second-order valence-corrected chi connectivity index (χ2v) is 5.61. The molecule has 0 bridgehead atoms. The third kappa shape index (κ3) is 2.65. The van der Waals surface area contributed by atoms with Crippen molar-refractivity contribution in [3.63, 3.8) is 0 Å². The van der Waals surface area contributed by atoms with Crippen LogP contribution in [0, 0.1) is 13.8 Å². The lowest BCUT2D eigenvalue weighted by Crippen LogP contribution is -1.98. The fourth-order valence-electron chi connectivity index (χ4n) is 2.34. The highest BCUT2D eigenvalue weighted by Crippen LogP contribution is 2.28. The van der Waals surface area contributed by atoms with Gasteiger partial charge in [-0.15, -0.1) is 0 Å². The third-order valence-electron chi connectivity index (χ3n) is 3.45. The maximum Gasteiger partial charge on any atom is 0.116 e. The molecule has 0 saturated heterocycles. The molecule has 2 N–H and O–H groups in total. The van der Waals surface area contributed by atoms with Crippen molar-refractivity contribution in [2.45, 2.75) is 13.8 Å². The van der Waals surface area contributed by atoms with Gasteiger partial charge >= 0.3 is 0 Å². The van der Waals surface area contributed by atoms with E-state index in [1.807, 2.05) is 35.1 Å². The van der Waals surface area contributed by atoms with Gasteiger partial charge in [0.2, 0.25) is 0 Å². The number of hydrogen-bond acceptors (Lipinski definition) is 2. The van der Waals surface area contributed by atoms with Crippen molar-refractivity contribution < 1.29 is 0 Å². The number of hydrogen-bond donors (Lipinski definition) is 1. The van der Waals surface area contributed by atoms with Crippen LogP contribution in [-0.4, -0.2) is 9.78 Å². The maximum absolute atomic E-state index is 6.12. The molecule has 0 amide bonds. The Morgan fingerprint density at radius 2 is 1.90 bits per heavy atom. The molecule has 3 rings (SSSR count). The minimum Gasteiger partial charge on any atom is -0.396 e. The molecule has 0 radical (unpaired) electrons. The third-order valence-corrected chi connectivity index (χ3v) is 3.69. The predicted octanol–water partition coefficient (Wildman–Crippen LogP) is 4.39. The minimum absolute atomic E-state index is 0.637. The number of nitrogens with zero attached hydrogens (tertiary/aromatic N) is 2. The van der Waals surface area contributed by atoms with Gasteiger partial charge in [0.05, 0.1) is 17.6 Å². The van der Waals surface area contributed by atoms with Crippen LogP contribution in [0.4, 0.5) is 5.69 Å². The fourth-order valence-corrected chi connectivity index (χ4v) is 2.53. The summed E-state index contributed by atoms with van der Waals surface area (Å²) in [7, 11) is 0. The summed E-state index contributed by atoms with van der Waals surface area (Å²) in [4.78, 5) is 0. The molecule has 0 unspecified atom stereocenters. The van der Waals surface area contributed by atoms with Crippen molar-refractivity contribution in [1.82, 2.24) is 9.78 Å². The highest BCUT2D eigenvalue weighted by molar-refractivity contribution is 6.30. The molecule has 21 heavy (non-hydrogen) atoms. The fraction of sp³-hybridized carbons (Fsp3) is 0.118. The number of benzene rings is 2. The first-order valence-corrected chi connectivity index (χ1v) is 7.11. The first kappa shape index (κ1) is 13.7. The molecule has 0 saturated carbocycles. The van der Waals surface area contributed by atoms with Gasteiger partial charge in [-0.3, -0.25) is 0 Å². The molecule has 4 heteroatoms. The summed E-state index contributed by atoms with van der Waals surface area (Å²) in [6.45, 7) is 4.12. The zero-order valence-electron chi connectivity index (χ0n) is 12.0. The lowest BCUT2D eigenvalue weighted by atomic mass is 10.1. The van der Waals surface area contributed by atoms with Crippen molar-refractivity contribution in [3.05, 3.63) is 64.8 Å². The van der Waals surface area contributed by atoms with Gasteiger partial charge in [0, 0.05) is 10.6 Å². The van der Waals surface area contributed by atoms with E-state index >= 15 is 0 Å². The summed E-state index contributed by atoms with van der Waals surface area (Å²) >= 11 is 6.04. The van der Waals surface area contributed by atoms with E-state index in [2.05, 4.69) is 37.1 Å². The van der Waals surface area contributed by atoms with E-state index < -0.39 is 0 Å². The molecular weight excluding hydrogens is 282 g/mol. The van der Waals surface area contributed by atoms with Crippen LogP contribution in [0.2, 0.25) is 5.02 Å². The summed E-state index contributed by atoms with van der Waals surface area (Å²) in [5, 5.41) is 5.30. The first-order valence-electron chi connectivity index (χ1n) is 6.73. The number of aryl methyl sites for hydroxylation is 2. The second kappa shape index (κ2) is 5.26. The van der Waals surface area contributed by atoms with Crippen molar-refractivity contribution in [1.29, 1.82) is 0 Å². The number of anilines is 1. The molecule has 2 aromatic carbocycles. The molecule has 0 fully saturated rings. The predicted molar refractivity (Wildman–Crippen MR) is 87.9 cm³/mol. The van der Waals surface area contributed by atoms with Gasteiger partial charge in [-0.05, 0) is 43.2 Å². The van der Waals surface area contributed by atoms with Crippen LogP contribution in [0.15, 0.2) is 48.7 Å². The van der Waals surface area contributed by atoms with E-state index in [0.29, 0.717) is 10.7 Å². The molecule has 0 spiro atoms. The summed E-state index contributed by atoms with van der Waals surface area (Å²) < 4.78 is 1.83. The highest BCUT2D eigenvalue weighted by atomic mass is 35.5. The van der Waals surface area contributed by atoms with Gasteiger partial charge in [0.1, 0.15) is 5.69 Å². The van der Waals surface area contributed by atoms with E-state index in [-0.39, 0.29) is 0 Å². The average molecular weight is 298 g/mol. The van der Waals surface area contributed by atoms with Gasteiger partial charge < -0.3 is 5.73 Å². The SMILES string of the molecule is Cc1ccc(C)c(-n2cc(N)c(-c3cccc(Cl)c3)n2)c1. The number of nitrogens with two attached hydrogens (primary N) is 1. The van der Waals surface area contributed by atoms with E-state index in [9.17, 15) is 0 Å². The molecule has 3 aromatic rings. The molecule has 0 aliphatic carbocycles. The van der Waals surface area contributed by atoms with Crippen molar-refractivity contribution >= 4 is 17.3 Å². The molecule has 1 heterocycles. The molecule has 0 aliphatic rings. The normalized spacial score (nSPS) is 10.8. The van der Waals surface area contributed by atoms with Crippen LogP contribution in [0.1, 0.15) is 11.1 Å². The summed E-state index contributed by atoms with van der Waals surface area (Å²) in [6.07, 6.45) is 1.85. The minimum atomic E-state index is 0.637. The van der Waals surface area contributed by atoms with Crippen LogP contribution in [-0.2, 0) is 0 Å². The summed E-state index contributed by atoms with van der Waals surface area (Å²) in [5.74, 6) is 0. The van der Waals surface area contributed by atoms with Gasteiger partial charge in [0.25, 0.3) is 0 Å². The van der Waals surface area contributed by atoms with E-state index in [1.165, 1.54) is 5.56 Å². The van der Waals surface area contributed by atoms with E-state index in [1.54, 1.807) is 0 Å². The second-order valence-electron chi connectivity index (χ2n) is 5.18. The van der Waals surface area contributed by atoms with Gasteiger partial charge in [-0.25, -0.2) is 4.68 Å². The molecule has 106 valence electrons. The number of halogens is 1. The Morgan fingerprint density at radius 1 is 1.10 bits per heavy atom. The molecule has 1 aromatic heterocycles. The first-order chi connectivity index (χ1) is 10.0. The van der Waals surface area contributed by atoms with Crippen molar-refractivity contribution in [3.8, 4) is 16.9 Å². The smallest absolute Gasteiger partial charge is 0.116 e. The summed E-state index contributed by atoms with van der Waals surface area (Å²) in [5.41, 5.74) is 11.8. The summed E-state index contributed by atoms with van der Waals surface area (Å²) in [6, 6.07) is 13.8. The monoisotopic (exact) mass is 297 g/mol. The molecule has 3 nitrogen and oxygen atoms in total. The van der Waals surface area contributed by atoms with E-state index in [4.69, 9.17) is 17.3 Å². The lowest BCUT2D eigenvalue weighted by Gasteiger charge is -2.06. The Kier molecular flexibility index (Phi) is 3.43. The standard InChI is InChI=1S/C17H16ClN3/c1-11-6-7-12(2)16(8-11)21-10-15(19)17(20-21)13-4-3-5-14(18)9-13/h3-10H,19H2,1-2H3. The van der Waals surface area contributed by atoms with Crippen LogP contribution in [0.25, 0.3) is 16.9 Å². The molecule has 0 atom stereocenters. The molecular formula is C17H16ClN3. The number of aromatic nitrogens is 2. The van der Waals surface area contributed by atoms with E-state index in [0.717, 1.165) is 22.5 Å². The topological polar surface area (TPSA) is 43.8 Å².